The second kappa shape index (κ2) is 4.68. The third-order valence-electron chi connectivity index (χ3n) is 1.86. The summed E-state index contributed by atoms with van der Waals surface area (Å²) in [5.74, 6) is 6.10. The summed E-state index contributed by atoms with van der Waals surface area (Å²) in [6, 6.07) is 11.6. The first-order valence-corrected chi connectivity index (χ1v) is 5.00. The van der Waals surface area contributed by atoms with Crippen molar-refractivity contribution in [2.45, 2.75) is 4.90 Å². The van der Waals surface area contributed by atoms with Gasteiger partial charge in [0.1, 0.15) is 0 Å². The lowest BCUT2D eigenvalue weighted by Gasteiger charge is -1.91. The lowest BCUT2D eigenvalue weighted by atomic mass is 10.2. The zero-order chi connectivity index (χ0) is 10.5. The maximum Gasteiger partial charge on any atom is 0.0432 e. The van der Waals surface area contributed by atoms with Crippen molar-refractivity contribution in [2.24, 2.45) is 0 Å². The molecule has 0 N–H and O–H groups in total. The van der Waals surface area contributed by atoms with Crippen molar-refractivity contribution in [3.8, 4) is 11.8 Å². The first-order chi connectivity index (χ1) is 7.34. The summed E-state index contributed by atoms with van der Waals surface area (Å²) < 4.78 is 0. The molecule has 1 nitrogen and oxygen atoms in total. The number of thiol groups is 1. The molecular formula is C13H9NS. The van der Waals surface area contributed by atoms with Crippen LogP contribution in [0.15, 0.2) is 53.7 Å². The zero-order valence-electron chi connectivity index (χ0n) is 8.01. The van der Waals surface area contributed by atoms with Gasteiger partial charge in [-0.15, -0.1) is 12.6 Å². The second-order valence-electron chi connectivity index (χ2n) is 3.04. The molecule has 0 amide bonds. The predicted octanol–water partition coefficient (Wildman–Crippen LogP) is 2.77. The summed E-state index contributed by atoms with van der Waals surface area (Å²) >= 11 is 4.25. The Morgan fingerprint density at radius 1 is 1.00 bits per heavy atom. The molecular weight excluding hydrogens is 202 g/mol. The Bertz CT molecular complexity index is 509. The van der Waals surface area contributed by atoms with Gasteiger partial charge in [-0.2, -0.15) is 0 Å². The molecule has 1 aromatic carbocycles. The summed E-state index contributed by atoms with van der Waals surface area (Å²) in [5.41, 5.74) is 1.88. The summed E-state index contributed by atoms with van der Waals surface area (Å²) in [6.45, 7) is 0. The lowest BCUT2D eigenvalue weighted by molar-refractivity contribution is 1.31. The van der Waals surface area contributed by atoms with E-state index < -0.39 is 0 Å². The van der Waals surface area contributed by atoms with Crippen LogP contribution in [-0.4, -0.2) is 4.98 Å². The van der Waals surface area contributed by atoms with E-state index in [1.807, 2.05) is 36.4 Å². The van der Waals surface area contributed by atoms with Gasteiger partial charge in [0.05, 0.1) is 0 Å². The van der Waals surface area contributed by atoms with Gasteiger partial charge in [0.25, 0.3) is 0 Å². The first-order valence-electron chi connectivity index (χ1n) is 4.56. The van der Waals surface area contributed by atoms with Crippen LogP contribution in [0, 0.1) is 11.8 Å². The predicted molar refractivity (Wildman–Crippen MR) is 63.9 cm³/mol. The summed E-state index contributed by atoms with van der Waals surface area (Å²) in [7, 11) is 0. The third kappa shape index (κ3) is 2.87. The van der Waals surface area contributed by atoms with E-state index in [1.54, 1.807) is 12.4 Å². The van der Waals surface area contributed by atoms with Crippen LogP contribution in [-0.2, 0) is 0 Å². The number of benzene rings is 1. The number of rotatable bonds is 0. The number of hydrogen-bond donors (Lipinski definition) is 1. The van der Waals surface area contributed by atoms with E-state index in [4.69, 9.17) is 0 Å². The molecule has 2 heteroatoms. The maximum absolute atomic E-state index is 4.25. The maximum atomic E-state index is 4.25. The van der Waals surface area contributed by atoms with E-state index >= 15 is 0 Å². The van der Waals surface area contributed by atoms with Gasteiger partial charge < -0.3 is 0 Å². The third-order valence-corrected chi connectivity index (χ3v) is 2.14. The zero-order valence-corrected chi connectivity index (χ0v) is 8.91. The second-order valence-corrected chi connectivity index (χ2v) is 3.56. The van der Waals surface area contributed by atoms with Crippen LogP contribution in [0.1, 0.15) is 11.1 Å². The fourth-order valence-corrected chi connectivity index (χ4v) is 1.39. The largest absolute Gasteiger partial charge is 0.263 e. The molecule has 15 heavy (non-hydrogen) atoms. The molecule has 0 radical (unpaired) electrons. The van der Waals surface area contributed by atoms with Crippen molar-refractivity contribution in [2.75, 3.05) is 0 Å². The average molecular weight is 211 g/mol. The molecule has 0 aliphatic rings. The highest BCUT2D eigenvalue weighted by Crippen LogP contribution is 2.07. The highest BCUT2D eigenvalue weighted by atomic mass is 32.1. The van der Waals surface area contributed by atoms with Gasteiger partial charge in [-0.05, 0) is 30.3 Å². The van der Waals surface area contributed by atoms with Gasteiger partial charge in [-0.25, -0.2) is 0 Å². The van der Waals surface area contributed by atoms with E-state index in [9.17, 15) is 0 Å². The smallest absolute Gasteiger partial charge is 0.0432 e. The molecule has 0 aliphatic heterocycles. The van der Waals surface area contributed by atoms with Gasteiger partial charge >= 0.3 is 0 Å². The Balaban J connectivity index is 2.26. The minimum Gasteiger partial charge on any atom is -0.263 e. The number of nitrogens with zero attached hydrogens (tertiary/aromatic N) is 1. The van der Waals surface area contributed by atoms with Crippen LogP contribution in [0.5, 0.6) is 0 Å². The minimum absolute atomic E-state index is 0.919. The normalized spacial score (nSPS) is 9.13. The van der Waals surface area contributed by atoms with Crippen LogP contribution >= 0.6 is 12.6 Å². The Labute approximate surface area is 94.6 Å². The van der Waals surface area contributed by atoms with Gasteiger partial charge in [0, 0.05) is 28.4 Å². The molecule has 0 aliphatic carbocycles. The highest BCUT2D eigenvalue weighted by Gasteiger charge is 1.88. The van der Waals surface area contributed by atoms with Gasteiger partial charge in [0.15, 0.2) is 0 Å². The molecule has 0 unspecified atom stereocenters. The van der Waals surface area contributed by atoms with Crippen molar-refractivity contribution in [3.63, 3.8) is 0 Å². The Kier molecular flexibility index (Phi) is 3.06. The monoisotopic (exact) mass is 211 g/mol. The Morgan fingerprint density at radius 3 is 2.53 bits per heavy atom. The van der Waals surface area contributed by atoms with E-state index in [0.717, 1.165) is 16.0 Å². The van der Waals surface area contributed by atoms with Crippen LogP contribution in [0.2, 0.25) is 0 Å². The van der Waals surface area contributed by atoms with Crippen molar-refractivity contribution in [1.82, 2.24) is 4.98 Å². The fourth-order valence-electron chi connectivity index (χ4n) is 1.16. The van der Waals surface area contributed by atoms with Crippen LogP contribution in [0.4, 0.5) is 0 Å². The molecule has 72 valence electrons. The van der Waals surface area contributed by atoms with Gasteiger partial charge in [0.2, 0.25) is 0 Å². The van der Waals surface area contributed by atoms with Crippen molar-refractivity contribution >= 4 is 12.6 Å². The quantitative estimate of drug-likeness (QED) is 0.522. The van der Waals surface area contributed by atoms with Crippen LogP contribution in [0.25, 0.3) is 0 Å². The summed E-state index contributed by atoms with van der Waals surface area (Å²) in [4.78, 5) is 4.92. The molecule has 2 rings (SSSR count). The number of aromatic nitrogens is 1. The Morgan fingerprint density at radius 2 is 1.80 bits per heavy atom. The lowest BCUT2D eigenvalue weighted by Crippen LogP contribution is -1.77. The van der Waals surface area contributed by atoms with Crippen molar-refractivity contribution in [3.05, 3.63) is 59.9 Å². The number of hydrogen-bond acceptors (Lipinski definition) is 2. The van der Waals surface area contributed by atoms with Crippen LogP contribution < -0.4 is 0 Å². The minimum atomic E-state index is 0.919. The highest BCUT2D eigenvalue weighted by molar-refractivity contribution is 7.80. The summed E-state index contributed by atoms with van der Waals surface area (Å²) in [5, 5.41) is 0. The van der Waals surface area contributed by atoms with E-state index in [1.165, 1.54) is 0 Å². The topological polar surface area (TPSA) is 12.9 Å². The Hall–Kier alpha value is -1.72. The number of pyridine rings is 1. The van der Waals surface area contributed by atoms with E-state index in [0.29, 0.717) is 0 Å². The molecule has 2 aromatic rings. The van der Waals surface area contributed by atoms with E-state index in [2.05, 4.69) is 29.5 Å². The van der Waals surface area contributed by atoms with Crippen molar-refractivity contribution < 1.29 is 0 Å². The molecule has 0 spiro atoms. The fraction of sp³-hybridized carbons (Fsp3) is 0. The molecule has 0 saturated carbocycles. The van der Waals surface area contributed by atoms with Crippen molar-refractivity contribution in [1.29, 1.82) is 0 Å². The standard InChI is InChI=1S/C13H9NS/c15-13-5-1-3-11(9-13)6-7-12-4-2-8-14-10-12/h1-5,8-10,15H. The first kappa shape index (κ1) is 9.82. The SMILES string of the molecule is Sc1cccc(C#Cc2cccnc2)c1. The molecule has 0 atom stereocenters. The van der Waals surface area contributed by atoms with Gasteiger partial charge in [-0.3, -0.25) is 4.98 Å². The average Bonchev–Trinajstić information content (AvgIpc) is 2.28. The molecule has 0 bridgehead atoms. The molecule has 0 fully saturated rings. The molecule has 0 saturated heterocycles. The van der Waals surface area contributed by atoms with Crippen LogP contribution in [0.3, 0.4) is 0 Å². The summed E-state index contributed by atoms with van der Waals surface area (Å²) in [6.07, 6.45) is 3.48. The van der Waals surface area contributed by atoms with E-state index in [-0.39, 0.29) is 0 Å². The molecule has 1 heterocycles. The van der Waals surface area contributed by atoms with Gasteiger partial charge in [-0.1, -0.05) is 17.9 Å². The molecule has 1 aromatic heterocycles.